The van der Waals surface area contributed by atoms with Crippen LogP contribution in [0.4, 0.5) is 11.4 Å². The van der Waals surface area contributed by atoms with E-state index >= 15 is 0 Å². The second-order valence-electron chi connectivity index (χ2n) is 3.99. The predicted molar refractivity (Wildman–Crippen MR) is 77.9 cm³/mol. The van der Waals surface area contributed by atoms with Crippen molar-refractivity contribution in [1.29, 1.82) is 0 Å². The Morgan fingerprint density at radius 3 is 2.47 bits per heavy atom. The Hall–Kier alpha value is -1.86. The van der Waals surface area contributed by atoms with Crippen molar-refractivity contribution in [1.82, 2.24) is 10.3 Å². The summed E-state index contributed by atoms with van der Waals surface area (Å²) in [5.74, 6) is 0. The van der Waals surface area contributed by atoms with Crippen molar-refractivity contribution in [3.05, 3.63) is 24.3 Å². The lowest BCUT2D eigenvalue weighted by atomic mass is 10.3. The Balaban J connectivity index is 1.87. The van der Waals surface area contributed by atoms with Crippen molar-refractivity contribution < 1.29 is 9.53 Å². The summed E-state index contributed by atoms with van der Waals surface area (Å²) in [6.45, 7) is 3.05. The molecule has 1 saturated heterocycles. The van der Waals surface area contributed by atoms with Crippen LogP contribution >= 0.6 is 12.2 Å². The zero-order chi connectivity index (χ0) is 13.5. The van der Waals surface area contributed by atoms with Crippen LogP contribution in [-0.2, 0) is 9.53 Å². The van der Waals surface area contributed by atoms with E-state index in [9.17, 15) is 4.79 Å². The second kappa shape index (κ2) is 6.91. The highest BCUT2D eigenvalue weighted by Crippen LogP contribution is 2.13. The van der Waals surface area contributed by atoms with Crippen molar-refractivity contribution in [2.45, 2.75) is 0 Å². The molecule has 0 bridgehead atoms. The predicted octanol–water partition coefficient (Wildman–Crippen LogP) is 0.788. The fourth-order valence-electron chi connectivity index (χ4n) is 1.72. The summed E-state index contributed by atoms with van der Waals surface area (Å²) in [6, 6.07) is 7.48. The van der Waals surface area contributed by atoms with Crippen molar-refractivity contribution >= 4 is 35.1 Å². The zero-order valence-corrected chi connectivity index (χ0v) is 11.2. The first kappa shape index (κ1) is 13.6. The molecule has 1 aliphatic rings. The standard InChI is InChI=1S/C12H16N4O2S/c17-9-13-15-11-3-1-10(2-4-11)14-12(19)16-5-7-18-8-6-16/h1-4,9,15H,5-8H2,(H,13,17)(H,14,19). The quantitative estimate of drug-likeness (QED) is 0.430. The SMILES string of the molecule is O=CNNc1ccc(NC(=S)N2CCOCC2)cc1. The Morgan fingerprint density at radius 2 is 1.84 bits per heavy atom. The molecule has 1 amide bonds. The van der Waals surface area contributed by atoms with E-state index in [4.69, 9.17) is 17.0 Å². The third kappa shape index (κ3) is 4.08. The third-order valence-electron chi connectivity index (χ3n) is 2.71. The van der Waals surface area contributed by atoms with Gasteiger partial charge in [0, 0.05) is 18.8 Å². The molecular weight excluding hydrogens is 264 g/mol. The molecule has 0 radical (unpaired) electrons. The number of nitrogens with zero attached hydrogens (tertiary/aromatic N) is 1. The number of thiocarbonyl (C=S) groups is 1. The Kier molecular flexibility index (Phi) is 4.93. The van der Waals surface area contributed by atoms with E-state index in [1.54, 1.807) is 0 Å². The van der Waals surface area contributed by atoms with E-state index in [-0.39, 0.29) is 0 Å². The molecule has 7 heteroatoms. The molecule has 0 spiro atoms. The minimum Gasteiger partial charge on any atom is -0.378 e. The highest BCUT2D eigenvalue weighted by atomic mass is 32.1. The van der Waals surface area contributed by atoms with Crippen LogP contribution in [-0.4, -0.2) is 42.7 Å². The van der Waals surface area contributed by atoms with Crippen LogP contribution in [0.1, 0.15) is 0 Å². The molecule has 1 heterocycles. The summed E-state index contributed by atoms with van der Waals surface area (Å²) < 4.78 is 5.28. The van der Waals surface area contributed by atoms with Crippen LogP contribution in [0.5, 0.6) is 0 Å². The Bertz CT molecular complexity index is 432. The van der Waals surface area contributed by atoms with Crippen LogP contribution in [0.15, 0.2) is 24.3 Å². The number of amides is 1. The fourth-order valence-corrected chi connectivity index (χ4v) is 2.02. The zero-order valence-electron chi connectivity index (χ0n) is 10.4. The summed E-state index contributed by atoms with van der Waals surface area (Å²) in [4.78, 5) is 12.2. The molecule has 1 aromatic rings. The molecule has 2 rings (SSSR count). The van der Waals surface area contributed by atoms with E-state index in [0.29, 0.717) is 24.7 Å². The van der Waals surface area contributed by atoms with Gasteiger partial charge in [-0.2, -0.15) is 0 Å². The number of carbonyl (C=O) groups excluding carboxylic acids is 1. The summed E-state index contributed by atoms with van der Waals surface area (Å²) >= 11 is 5.34. The maximum Gasteiger partial charge on any atom is 0.225 e. The average Bonchev–Trinajstić information content (AvgIpc) is 2.47. The number of ether oxygens (including phenoxy) is 1. The second-order valence-corrected chi connectivity index (χ2v) is 4.38. The first-order valence-electron chi connectivity index (χ1n) is 5.98. The summed E-state index contributed by atoms with van der Waals surface area (Å²) in [5.41, 5.74) is 6.82. The molecule has 3 N–H and O–H groups in total. The van der Waals surface area contributed by atoms with Crippen LogP contribution in [0.25, 0.3) is 0 Å². The van der Waals surface area contributed by atoms with Gasteiger partial charge in [0.2, 0.25) is 6.41 Å². The molecular formula is C12H16N4O2S. The number of anilines is 2. The van der Waals surface area contributed by atoms with Gasteiger partial charge in [-0.05, 0) is 36.5 Å². The normalized spacial score (nSPS) is 14.6. The smallest absolute Gasteiger partial charge is 0.225 e. The lowest BCUT2D eigenvalue weighted by molar-refractivity contribution is -0.109. The fraction of sp³-hybridized carbons (Fsp3) is 0.333. The Labute approximate surface area is 117 Å². The molecule has 0 unspecified atom stereocenters. The minimum absolute atomic E-state index is 0.583. The topological polar surface area (TPSA) is 65.6 Å². The van der Waals surface area contributed by atoms with E-state index in [0.717, 1.165) is 24.5 Å². The van der Waals surface area contributed by atoms with Gasteiger partial charge in [0.25, 0.3) is 0 Å². The summed E-state index contributed by atoms with van der Waals surface area (Å²) in [7, 11) is 0. The van der Waals surface area contributed by atoms with Gasteiger partial charge in [-0.1, -0.05) is 0 Å². The molecule has 1 aromatic carbocycles. The molecule has 0 aromatic heterocycles. The first-order chi connectivity index (χ1) is 9.29. The van der Waals surface area contributed by atoms with E-state index in [1.165, 1.54) is 0 Å². The molecule has 0 saturated carbocycles. The lowest BCUT2D eigenvalue weighted by Crippen LogP contribution is -2.42. The molecule has 19 heavy (non-hydrogen) atoms. The molecule has 6 nitrogen and oxygen atoms in total. The maximum absolute atomic E-state index is 10.1. The van der Waals surface area contributed by atoms with E-state index in [1.807, 2.05) is 24.3 Å². The molecule has 0 aliphatic carbocycles. The lowest BCUT2D eigenvalue weighted by Gasteiger charge is -2.29. The van der Waals surface area contributed by atoms with Gasteiger partial charge in [0.15, 0.2) is 5.11 Å². The van der Waals surface area contributed by atoms with Gasteiger partial charge in [0.05, 0.1) is 18.9 Å². The van der Waals surface area contributed by atoms with Crippen LogP contribution in [0.2, 0.25) is 0 Å². The molecule has 1 aliphatic heterocycles. The van der Waals surface area contributed by atoms with Crippen molar-refractivity contribution in [2.75, 3.05) is 37.0 Å². The number of hydrogen-bond donors (Lipinski definition) is 3. The van der Waals surface area contributed by atoms with Gasteiger partial charge in [0.1, 0.15) is 0 Å². The average molecular weight is 280 g/mol. The van der Waals surface area contributed by atoms with Gasteiger partial charge < -0.3 is 15.0 Å². The third-order valence-corrected chi connectivity index (χ3v) is 3.07. The van der Waals surface area contributed by atoms with Crippen LogP contribution in [0.3, 0.4) is 0 Å². The van der Waals surface area contributed by atoms with Crippen molar-refractivity contribution in [3.63, 3.8) is 0 Å². The minimum atomic E-state index is 0.583. The van der Waals surface area contributed by atoms with Gasteiger partial charge in [-0.3, -0.25) is 15.6 Å². The molecule has 1 fully saturated rings. The number of hydrazine groups is 1. The van der Waals surface area contributed by atoms with Gasteiger partial charge >= 0.3 is 0 Å². The monoisotopic (exact) mass is 280 g/mol. The van der Waals surface area contributed by atoms with Crippen LogP contribution in [0, 0.1) is 0 Å². The number of carbonyl (C=O) groups is 1. The first-order valence-corrected chi connectivity index (χ1v) is 6.39. The maximum atomic E-state index is 10.1. The van der Waals surface area contributed by atoms with E-state index < -0.39 is 0 Å². The van der Waals surface area contributed by atoms with Crippen LogP contribution < -0.4 is 16.2 Å². The van der Waals surface area contributed by atoms with Gasteiger partial charge in [-0.15, -0.1) is 0 Å². The molecule has 0 atom stereocenters. The molecule has 102 valence electrons. The number of nitrogens with one attached hydrogen (secondary N) is 3. The largest absolute Gasteiger partial charge is 0.378 e. The number of morpholine rings is 1. The van der Waals surface area contributed by atoms with Crippen molar-refractivity contribution in [2.24, 2.45) is 0 Å². The van der Waals surface area contributed by atoms with Gasteiger partial charge in [-0.25, -0.2) is 0 Å². The summed E-state index contributed by atoms with van der Waals surface area (Å²) in [6.07, 6.45) is 0.583. The highest BCUT2D eigenvalue weighted by molar-refractivity contribution is 7.80. The number of benzene rings is 1. The number of rotatable bonds is 4. The highest BCUT2D eigenvalue weighted by Gasteiger charge is 2.13. The van der Waals surface area contributed by atoms with Crippen molar-refractivity contribution in [3.8, 4) is 0 Å². The van der Waals surface area contributed by atoms with E-state index in [2.05, 4.69) is 21.1 Å². The Morgan fingerprint density at radius 1 is 1.21 bits per heavy atom. The summed E-state index contributed by atoms with van der Waals surface area (Å²) in [5, 5.41) is 3.88. The number of hydrogen-bond acceptors (Lipinski definition) is 4.